The van der Waals surface area contributed by atoms with Crippen molar-refractivity contribution in [1.82, 2.24) is 5.32 Å². The second kappa shape index (κ2) is 7.96. The summed E-state index contributed by atoms with van der Waals surface area (Å²) in [6.45, 7) is 0.554. The lowest BCUT2D eigenvalue weighted by Crippen LogP contribution is -2.32. The lowest BCUT2D eigenvalue weighted by Gasteiger charge is -2.10. The van der Waals surface area contributed by atoms with E-state index in [0.29, 0.717) is 13.0 Å². The number of benzene rings is 1. The summed E-state index contributed by atoms with van der Waals surface area (Å²) in [5, 5.41) is 12.0. The van der Waals surface area contributed by atoms with Crippen molar-refractivity contribution in [3.05, 3.63) is 56.7 Å². The molecule has 1 heterocycles. The lowest BCUT2D eigenvalue weighted by atomic mass is 10.00. The van der Waals surface area contributed by atoms with E-state index in [1.54, 1.807) is 11.3 Å². The molecule has 0 aliphatic carbocycles. The molecule has 0 aliphatic rings. The van der Waals surface area contributed by atoms with Crippen molar-refractivity contribution in [3.63, 3.8) is 0 Å². The van der Waals surface area contributed by atoms with Gasteiger partial charge in [0.15, 0.2) is 0 Å². The molecule has 2 rings (SSSR count). The molecule has 5 heteroatoms. The fourth-order valence-corrected chi connectivity index (χ4v) is 3.45. The molecule has 1 atom stereocenters. The predicted molar refractivity (Wildman–Crippen MR) is 88.0 cm³/mol. The predicted octanol–water partition coefficient (Wildman–Crippen LogP) is 3.55. The third-order valence-corrected chi connectivity index (χ3v) is 4.74. The summed E-state index contributed by atoms with van der Waals surface area (Å²) in [6, 6.07) is 15.7. The van der Waals surface area contributed by atoms with Gasteiger partial charge in [-0.05, 0) is 46.5 Å². The van der Waals surface area contributed by atoms with Crippen LogP contribution < -0.4 is 5.32 Å². The smallest absolute Gasteiger partial charge is 0.237 e. The van der Waals surface area contributed by atoms with E-state index in [1.165, 1.54) is 4.88 Å². The first-order valence-electron chi connectivity index (χ1n) is 6.64. The number of halogens is 1. The molecule has 0 radical (unpaired) electrons. The highest BCUT2D eigenvalue weighted by atomic mass is 79.9. The number of nitrogens with zero attached hydrogens (tertiary/aromatic N) is 1. The van der Waals surface area contributed by atoms with Crippen LogP contribution in [0.2, 0.25) is 0 Å². The molecule has 108 valence electrons. The molecule has 1 unspecified atom stereocenters. The Labute approximate surface area is 136 Å². The largest absolute Gasteiger partial charge is 0.355 e. The Morgan fingerprint density at radius 1 is 1.29 bits per heavy atom. The zero-order valence-electron chi connectivity index (χ0n) is 11.4. The SMILES string of the molecule is N#CC(Cc1ccccc1)C(=O)NCCc1ccc(Br)s1. The summed E-state index contributed by atoms with van der Waals surface area (Å²) in [7, 11) is 0. The maximum atomic E-state index is 12.0. The van der Waals surface area contributed by atoms with Crippen LogP contribution in [0.4, 0.5) is 0 Å². The summed E-state index contributed by atoms with van der Waals surface area (Å²) in [5.74, 6) is -0.834. The van der Waals surface area contributed by atoms with Crippen molar-refractivity contribution in [2.24, 2.45) is 5.92 Å². The average molecular weight is 363 g/mol. The van der Waals surface area contributed by atoms with E-state index >= 15 is 0 Å². The highest BCUT2D eigenvalue weighted by molar-refractivity contribution is 9.11. The minimum Gasteiger partial charge on any atom is -0.355 e. The van der Waals surface area contributed by atoms with Crippen LogP contribution in [0.5, 0.6) is 0 Å². The molecule has 21 heavy (non-hydrogen) atoms. The zero-order chi connectivity index (χ0) is 15.1. The van der Waals surface area contributed by atoms with E-state index in [4.69, 9.17) is 5.26 Å². The molecule has 2 aromatic rings. The van der Waals surface area contributed by atoms with Gasteiger partial charge in [-0.1, -0.05) is 30.3 Å². The third kappa shape index (κ3) is 5.00. The average Bonchev–Trinajstić information content (AvgIpc) is 2.91. The van der Waals surface area contributed by atoms with Crippen molar-refractivity contribution < 1.29 is 4.79 Å². The van der Waals surface area contributed by atoms with Gasteiger partial charge in [-0.2, -0.15) is 5.26 Å². The quantitative estimate of drug-likeness (QED) is 0.853. The fraction of sp³-hybridized carbons (Fsp3) is 0.250. The highest BCUT2D eigenvalue weighted by Gasteiger charge is 2.17. The van der Waals surface area contributed by atoms with Crippen LogP contribution in [-0.2, 0) is 17.6 Å². The molecular formula is C16H15BrN2OS. The Kier molecular flexibility index (Phi) is 5.97. The Morgan fingerprint density at radius 3 is 2.67 bits per heavy atom. The summed E-state index contributed by atoms with van der Waals surface area (Å²) in [6.07, 6.45) is 1.24. The molecule has 0 fully saturated rings. The van der Waals surface area contributed by atoms with Crippen molar-refractivity contribution >= 4 is 33.2 Å². The molecule has 0 saturated heterocycles. The minimum absolute atomic E-state index is 0.197. The van der Waals surface area contributed by atoms with E-state index in [0.717, 1.165) is 15.8 Å². The van der Waals surface area contributed by atoms with Gasteiger partial charge < -0.3 is 5.32 Å². The first-order chi connectivity index (χ1) is 10.2. The summed E-state index contributed by atoms with van der Waals surface area (Å²) in [4.78, 5) is 13.2. The summed E-state index contributed by atoms with van der Waals surface area (Å²) >= 11 is 5.07. The number of nitrogens with one attached hydrogen (secondary N) is 1. The van der Waals surface area contributed by atoms with Crippen molar-refractivity contribution in [2.45, 2.75) is 12.8 Å². The van der Waals surface area contributed by atoms with E-state index in [-0.39, 0.29) is 5.91 Å². The fourth-order valence-electron chi connectivity index (χ4n) is 1.96. The Morgan fingerprint density at radius 2 is 2.05 bits per heavy atom. The molecule has 1 amide bonds. The first-order valence-corrected chi connectivity index (χ1v) is 8.25. The van der Waals surface area contributed by atoms with Gasteiger partial charge in [0.05, 0.1) is 9.86 Å². The minimum atomic E-state index is -0.637. The number of carbonyl (C=O) groups excluding carboxylic acids is 1. The standard InChI is InChI=1S/C16H15BrN2OS/c17-15-7-6-14(21-15)8-9-19-16(20)13(11-18)10-12-4-2-1-3-5-12/h1-7,13H,8-10H2,(H,19,20). The van der Waals surface area contributed by atoms with Crippen LogP contribution in [-0.4, -0.2) is 12.5 Å². The van der Waals surface area contributed by atoms with Crippen molar-refractivity contribution in [2.75, 3.05) is 6.54 Å². The maximum Gasteiger partial charge on any atom is 0.237 e. The third-order valence-electron chi connectivity index (χ3n) is 3.05. The van der Waals surface area contributed by atoms with Crippen LogP contribution >= 0.6 is 27.3 Å². The van der Waals surface area contributed by atoms with Gasteiger partial charge in [0, 0.05) is 11.4 Å². The number of nitriles is 1. The van der Waals surface area contributed by atoms with E-state index < -0.39 is 5.92 Å². The molecule has 0 bridgehead atoms. The molecular weight excluding hydrogens is 348 g/mol. The highest BCUT2D eigenvalue weighted by Crippen LogP contribution is 2.22. The number of hydrogen-bond donors (Lipinski definition) is 1. The molecule has 0 spiro atoms. The Balaban J connectivity index is 1.82. The molecule has 3 nitrogen and oxygen atoms in total. The Hall–Kier alpha value is -1.64. The van der Waals surface area contributed by atoms with Crippen LogP contribution in [0.1, 0.15) is 10.4 Å². The number of rotatable bonds is 6. The van der Waals surface area contributed by atoms with E-state index in [2.05, 4.69) is 27.3 Å². The molecule has 1 aromatic carbocycles. The van der Waals surface area contributed by atoms with Crippen molar-refractivity contribution in [1.29, 1.82) is 5.26 Å². The number of thiophene rings is 1. The Bertz CT molecular complexity index is 633. The van der Waals surface area contributed by atoms with Gasteiger partial charge in [0.2, 0.25) is 5.91 Å². The van der Waals surface area contributed by atoms with Gasteiger partial charge in [-0.25, -0.2) is 0 Å². The maximum absolute atomic E-state index is 12.0. The first kappa shape index (κ1) is 15.7. The topological polar surface area (TPSA) is 52.9 Å². The molecule has 0 saturated carbocycles. The van der Waals surface area contributed by atoms with Gasteiger partial charge in [0.1, 0.15) is 5.92 Å². The second-order valence-corrected chi connectivity index (χ2v) is 7.17. The second-order valence-electron chi connectivity index (χ2n) is 4.62. The van der Waals surface area contributed by atoms with Crippen LogP contribution in [0.25, 0.3) is 0 Å². The van der Waals surface area contributed by atoms with Crippen LogP contribution in [0, 0.1) is 17.2 Å². The number of carbonyl (C=O) groups is 1. The normalized spacial score (nSPS) is 11.6. The van der Waals surface area contributed by atoms with Crippen LogP contribution in [0.15, 0.2) is 46.3 Å². The van der Waals surface area contributed by atoms with Crippen molar-refractivity contribution in [3.8, 4) is 6.07 Å². The van der Waals surface area contributed by atoms with Gasteiger partial charge in [-0.15, -0.1) is 11.3 Å². The lowest BCUT2D eigenvalue weighted by molar-refractivity contribution is -0.123. The van der Waals surface area contributed by atoms with Gasteiger partial charge in [-0.3, -0.25) is 4.79 Å². The van der Waals surface area contributed by atoms with E-state index in [1.807, 2.05) is 42.5 Å². The monoisotopic (exact) mass is 362 g/mol. The summed E-state index contributed by atoms with van der Waals surface area (Å²) in [5.41, 5.74) is 1.00. The molecule has 1 N–H and O–H groups in total. The molecule has 0 aliphatic heterocycles. The number of hydrogen-bond acceptors (Lipinski definition) is 3. The number of amides is 1. The van der Waals surface area contributed by atoms with Crippen LogP contribution in [0.3, 0.4) is 0 Å². The zero-order valence-corrected chi connectivity index (χ0v) is 13.8. The van der Waals surface area contributed by atoms with E-state index in [9.17, 15) is 4.79 Å². The molecule has 1 aromatic heterocycles. The van der Waals surface area contributed by atoms with Gasteiger partial charge >= 0.3 is 0 Å². The summed E-state index contributed by atoms with van der Waals surface area (Å²) < 4.78 is 1.09. The van der Waals surface area contributed by atoms with Gasteiger partial charge in [0.25, 0.3) is 0 Å².